The van der Waals surface area contributed by atoms with Crippen LogP contribution < -0.4 is 5.73 Å². The standard InChI is InChI=1S/C12H14FN3S2/c13-8-1-2-11-10(5-8)15-12(14)16(11)6-9-7-17-3-4-18-9/h1-2,5,9H,3-4,6-7H2,(H2,14,15). The molecule has 1 fully saturated rings. The first-order valence-corrected chi connectivity index (χ1v) is 8.05. The maximum atomic E-state index is 13.1. The number of halogens is 1. The highest BCUT2D eigenvalue weighted by Crippen LogP contribution is 2.28. The molecule has 2 heterocycles. The first-order chi connectivity index (χ1) is 8.74. The maximum Gasteiger partial charge on any atom is 0.201 e. The number of thioether (sulfide) groups is 2. The predicted molar refractivity (Wildman–Crippen MR) is 77.7 cm³/mol. The average molecular weight is 283 g/mol. The van der Waals surface area contributed by atoms with Crippen molar-refractivity contribution in [2.24, 2.45) is 0 Å². The predicted octanol–water partition coefficient (Wildman–Crippen LogP) is 2.61. The van der Waals surface area contributed by atoms with E-state index in [1.165, 1.54) is 23.6 Å². The van der Waals surface area contributed by atoms with Gasteiger partial charge in [-0.2, -0.15) is 23.5 Å². The van der Waals surface area contributed by atoms with Gasteiger partial charge < -0.3 is 10.3 Å². The quantitative estimate of drug-likeness (QED) is 0.920. The number of anilines is 1. The molecule has 1 aliphatic rings. The van der Waals surface area contributed by atoms with Crippen molar-refractivity contribution in [1.29, 1.82) is 0 Å². The minimum absolute atomic E-state index is 0.269. The van der Waals surface area contributed by atoms with Crippen LogP contribution in [-0.2, 0) is 6.54 Å². The van der Waals surface area contributed by atoms with Gasteiger partial charge in [0.15, 0.2) is 0 Å². The molecule has 3 nitrogen and oxygen atoms in total. The van der Waals surface area contributed by atoms with Crippen LogP contribution in [0, 0.1) is 5.82 Å². The Kier molecular flexibility index (Phi) is 3.39. The molecule has 0 aliphatic carbocycles. The van der Waals surface area contributed by atoms with Gasteiger partial charge in [-0.25, -0.2) is 9.37 Å². The van der Waals surface area contributed by atoms with E-state index in [0.29, 0.717) is 16.7 Å². The van der Waals surface area contributed by atoms with Crippen LogP contribution >= 0.6 is 23.5 Å². The number of hydrogen-bond acceptors (Lipinski definition) is 4. The van der Waals surface area contributed by atoms with E-state index >= 15 is 0 Å². The van der Waals surface area contributed by atoms with Crippen molar-refractivity contribution < 1.29 is 4.39 Å². The highest BCUT2D eigenvalue weighted by Gasteiger charge is 2.18. The minimum Gasteiger partial charge on any atom is -0.369 e. The van der Waals surface area contributed by atoms with E-state index < -0.39 is 0 Å². The Morgan fingerprint density at radius 2 is 2.33 bits per heavy atom. The molecule has 1 aromatic heterocycles. The molecule has 2 aromatic rings. The summed E-state index contributed by atoms with van der Waals surface area (Å²) in [6.45, 7) is 0.853. The van der Waals surface area contributed by atoms with Gasteiger partial charge in [0.1, 0.15) is 5.82 Å². The van der Waals surface area contributed by atoms with E-state index in [9.17, 15) is 4.39 Å². The van der Waals surface area contributed by atoms with Crippen molar-refractivity contribution in [2.45, 2.75) is 11.8 Å². The second-order valence-electron chi connectivity index (χ2n) is 4.28. The molecule has 1 atom stereocenters. The zero-order valence-corrected chi connectivity index (χ0v) is 11.4. The van der Waals surface area contributed by atoms with Crippen LogP contribution in [0.25, 0.3) is 11.0 Å². The third-order valence-electron chi connectivity index (χ3n) is 3.01. The summed E-state index contributed by atoms with van der Waals surface area (Å²) in [7, 11) is 0. The number of nitrogens with zero attached hydrogens (tertiary/aromatic N) is 2. The minimum atomic E-state index is -0.269. The summed E-state index contributed by atoms with van der Waals surface area (Å²) in [6.07, 6.45) is 0. The van der Waals surface area contributed by atoms with Gasteiger partial charge in [0.2, 0.25) is 5.95 Å². The van der Waals surface area contributed by atoms with Gasteiger partial charge >= 0.3 is 0 Å². The lowest BCUT2D eigenvalue weighted by Crippen LogP contribution is -2.21. The summed E-state index contributed by atoms with van der Waals surface area (Å²) in [5.41, 5.74) is 7.50. The van der Waals surface area contributed by atoms with Crippen molar-refractivity contribution in [3.8, 4) is 0 Å². The SMILES string of the molecule is Nc1nc2cc(F)ccc2n1CC1CSCCS1. The first kappa shape index (κ1) is 12.2. The Hall–Kier alpha value is -0.880. The zero-order valence-electron chi connectivity index (χ0n) is 9.80. The molecule has 1 saturated heterocycles. The van der Waals surface area contributed by atoms with Gasteiger partial charge in [-0.05, 0) is 12.1 Å². The molecule has 1 unspecified atom stereocenters. The molecular formula is C12H14FN3S2. The average Bonchev–Trinajstić information content (AvgIpc) is 2.66. The lowest BCUT2D eigenvalue weighted by Gasteiger charge is -2.22. The van der Waals surface area contributed by atoms with E-state index in [1.54, 1.807) is 6.07 Å². The van der Waals surface area contributed by atoms with Crippen molar-refractivity contribution in [3.63, 3.8) is 0 Å². The molecule has 18 heavy (non-hydrogen) atoms. The number of hydrogen-bond donors (Lipinski definition) is 1. The summed E-state index contributed by atoms with van der Waals surface area (Å²) >= 11 is 3.97. The van der Waals surface area contributed by atoms with Gasteiger partial charge in [0.05, 0.1) is 11.0 Å². The highest BCUT2D eigenvalue weighted by atomic mass is 32.2. The van der Waals surface area contributed by atoms with Crippen LogP contribution in [-0.4, -0.2) is 32.1 Å². The molecule has 0 amide bonds. The van der Waals surface area contributed by atoms with Crippen LogP contribution in [0.2, 0.25) is 0 Å². The molecule has 0 saturated carbocycles. The van der Waals surface area contributed by atoms with Crippen LogP contribution in [0.15, 0.2) is 18.2 Å². The lowest BCUT2D eigenvalue weighted by atomic mass is 10.3. The second kappa shape index (κ2) is 5.01. The molecule has 0 radical (unpaired) electrons. The summed E-state index contributed by atoms with van der Waals surface area (Å²) in [5, 5.41) is 0.563. The topological polar surface area (TPSA) is 43.8 Å². The third kappa shape index (κ3) is 2.31. The first-order valence-electron chi connectivity index (χ1n) is 5.84. The molecule has 2 N–H and O–H groups in total. The van der Waals surface area contributed by atoms with Gasteiger partial charge in [-0.3, -0.25) is 0 Å². The molecular weight excluding hydrogens is 269 g/mol. The van der Waals surface area contributed by atoms with Crippen molar-refractivity contribution in [3.05, 3.63) is 24.0 Å². The van der Waals surface area contributed by atoms with Crippen molar-refractivity contribution in [1.82, 2.24) is 9.55 Å². The van der Waals surface area contributed by atoms with E-state index in [1.807, 2.05) is 28.1 Å². The summed E-state index contributed by atoms with van der Waals surface area (Å²) in [4.78, 5) is 4.22. The van der Waals surface area contributed by atoms with Crippen molar-refractivity contribution >= 4 is 40.5 Å². The molecule has 1 aliphatic heterocycles. The lowest BCUT2D eigenvalue weighted by molar-refractivity contribution is 0.629. The number of fused-ring (bicyclic) bond motifs is 1. The Balaban J connectivity index is 1.92. The Labute approximate surface area is 113 Å². The number of nitrogens with two attached hydrogens (primary N) is 1. The second-order valence-corrected chi connectivity index (χ2v) is 6.84. The van der Waals surface area contributed by atoms with Crippen LogP contribution in [0.3, 0.4) is 0 Å². The zero-order chi connectivity index (χ0) is 12.5. The maximum absolute atomic E-state index is 13.1. The molecule has 6 heteroatoms. The molecule has 1 aromatic carbocycles. The summed E-state index contributed by atoms with van der Waals surface area (Å²) < 4.78 is 15.1. The number of aromatic nitrogens is 2. The number of benzene rings is 1. The Morgan fingerprint density at radius 3 is 3.11 bits per heavy atom. The monoisotopic (exact) mass is 283 g/mol. The van der Waals surface area contributed by atoms with Crippen LogP contribution in [0.5, 0.6) is 0 Å². The number of rotatable bonds is 2. The molecule has 0 spiro atoms. The van der Waals surface area contributed by atoms with E-state index in [2.05, 4.69) is 4.98 Å². The van der Waals surface area contributed by atoms with E-state index in [-0.39, 0.29) is 5.82 Å². The van der Waals surface area contributed by atoms with Crippen LogP contribution in [0.1, 0.15) is 0 Å². The molecule has 3 rings (SSSR count). The van der Waals surface area contributed by atoms with Crippen molar-refractivity contribution in [2.75, 3.05) is 23.0 Å². The Morgan fingerprint density at radius 1 is 1.44 bits per heavy atom. The summed E-state index contributed by atoms with van der Waals surface area (Å²) in [5.74, 6) is 3.77. The van der Waals surface area contributed by atoms with Gasteiger partial charge in [-0.1, -0.05) is 0 Å². The number of nitrogen functional groups attached to an aromatic ring is 1. The smallest absolute Gasteiger partial charge is 0.201 e. The fourth-order valence-corrected chi connectivity index (χ4v) is 4.81. The Bertz CT molecular complexity index is 564. The largest absolute Gasteiger partial charge is 0.369 e. The fourth-order valence-electron chi connectivity index (χ4n) is 2.16. The van der Waals surface area contributed by atoms with Gasteiger partial charge in [0, 0.05) is 35.1 Å². The molecule has 96 valence electrons. The van der Waals surface area contributed by atoms with E-state index in [0.717, 1.165) is 17.8 Å². The highest BCUT2D eigenvalue weighted by molar-refractivity contribution is 8.06. The van der Waals surface area contributed by atoms with E-state index in [4.69, 9.17) is 5.73 Å². The third-order valence-corrected chi connectivity index (χ3v) is 5.84. The summed E-state index contributed by atoms with van der Waals surface area (Å²) in [6, 6.07) is 4.66. The van der Waals surface area contributed by atoms with Gasteiger partial charge in [0.25, 0.3) is 0 Å². The van der Waals surface area contributed by atoms with Gasteiger partial charge in [-0.15, -0.1) is 0 Å². The van der Waals surface area contributed by atoms with Crippen LogP contribution in [0.4, 0.5) is 10.3 Å². The molecule has 0 bridgehead atoms. The number of imidazole rings is 1. The fraction of sp³-hybridized carbons (Fsp3) is 0.417. The normalized spacial score (nSPS) is 20.4.